The van der Waals surface area contributed by atoms with Gasteiger partial charge in [0.1, 0.15) is 5.75 Å². The van der Waals surface area contributed by atoms with Gasteiger partial charge in [-0.2, -0.15) is 0 Å². The van der Waals surface area contributed by atoms with E-state index in [0.29, 0.717) is 22.0 Å². The van der Waals surface area contributed by atoms with Crippen LogP contribution in [-0.2, 0) is 4.79 Å². The Morgan fingerprint density at radius 3 is 2.52 bits per heavy atom. The number of anilines is 1. The highest BCUT2D eigenvalue weighted by molar-refractivity contribution is 6.31. The van der Waals surface area contributed by atoms with Crippen LogP contribution in [0.2, 0.25) is 5.02 Å². The fourth-order valence-electron chi connectivity index (χ4n) is 2.14. The summed E-state index contributed by atoms with van der Waals surface area (Å²) in [5.74, 6) is -0.138. The molecule has 5 nitrogen and oxygen atoms in total. The highest BCUT2D eigenvalue weighted by atomic mass is 35.5. The van der Waals surface area contributed by atoms with Crippen molar-refractivity contribution >= 4 is 29.1 Å². The highest BCUT2D eigenvalue weighted by Gasteiger charge is 2.12. The monoisotopic (exact) mass is 332 g/mol. The Balaban J connectivity index is 1.99. The maximum atomic E-state index is 12.0. The number of carbonyl (C=O) groups is 2. The topological polar surface area (TPSA) is 67.4 Å². The van der Waals surface area contributed by atoms with E-state index in [1.165, 1.54) is 7.11 Å². The van der Waals surface area contributed by atoms with Crippen LogP contribution in [0.25, 0.3) is 0 Å². The molecule has 2 rings (SSSR count). The van der Waals surface area contributed by atoms with E-state index in [0.717, 1.165) is 5.56 Å². The number of halogens is 1. The van der Waals surface area contributed by atoms with E-state index in [1.807, 2.05) is 13.0 Å². The number of hydrogen-bond acceptors (Lipinski definition) is 3. The lowest BCUT2D eigenvalue weighted by molar-refractivity contribution is -0.115. The average molecular weight is 333 g/mol. The van der Waals surface area contributed by atoms with Gasteiger partial charge in [0.2, 0.25) is 5.91 Å². The lowest BCUT2D eigenvalue weighted by atomic mass is 10.2. The third-order valence-electron chi connectivity index (χ3n) is 3.16. The second kappa shape index (κ2) is 7.65. The molecule has 0 unspecified atom stereocenters. The van der Waals surface area contributed by atoms with Gasteiger partial charge in [0.25, 0.3) is 5.91 Å². The second-order valence-electron chi connectivity index (χ2n) is 4.90. The Bertz CT molecular complexity index is 717. The van der Waals surface area contributed by atoms with Gasteiger partial charge in [0.05, 0.1) is 19.3 Å². The molecule has 23 heavy (non-hydrogen) atoms. The third-order valence-corrected chi connectivity index (χ3v) is 3.38. The van der Waals surface area contributed by atoms with Crippen molar-refractivity contribution in [3.63, 3.8) is 0 Å². The van der Waals surface area contributed by atoms with Gasteiger partial charge in [-0.05, 0) is 36.8 Å². The quantitative estimate of drug-likeness (QED) is 0.884. The van der Waals surface area contributed by atoms with Crippen LogP contribution in [0.15, 0.2) is 42.5 Å². The zero-order valence-electron chi connectivity index (χ0n) is 12.9. The maximum Gasteiger partial charge on any atom is 0.251 e. The molecule has 0 aliphatic rings. The van der Waals surface area contributed by atoms with Crippen molar-refractivity contribution in [3.05, 3.63) is 58.6 Å². The molecule has 0 radical (unpaired) electrons. The number of aryl methyl sites for hydroxylation is 1. The Hall–Kier alpha value is -2.53. The van der Waals surface area contributed by atoms with Crippen molar-refractivity contribution in [3.8, 4) is 5.75 Å². The van der Waals surface area contributed by atoms with Gasteiger partial charge in [0, 0.05) is 10.6 Å². The predicted molar refractivity (Wildman–Crippen MR) is 90.1 cm³/mol. The van der Waals surface area contributed by atoms with E-state index in [1.54, 1.807) is 36.4 Å². The first-order valence-electron chi connectivity index (χ1n) is 6.98. The first kappa shape index (κ1) is 16.8. The number of nitrogens with one attached hydrogen (secondary N) is 2. The van der Waals surface area contributed by atoms with Crippen molar-refractivity contribution in [1.29, 1.82) is 0 Å². The number of rotatable bonds is 5. The number of hydrogen-bond donors (Lipinski definition) is 2. The summed E-state index contributed by atoms with van der Waals surface area (Å²) in [6.07, 6.45) is 0. The van der Waals surface area contributed by atoms with E-state index >= 15 is 0 Å². The van der Waals surface area contributed by atoms with Gasteiger partial charge in [-0.15, -0.1) is 0 Å². The number of benzene rings is 2. The van der Waals surface area contributed by atoms with Gasteiger partial charge >= 0.3 is 0 Å². The molecule has 0 aliphatic heterocycles. The lowest BCUT2D eigenvalue weighted by Crippen LogP contribution is -2.32. The molecule has 0 spiro atoms. The molecule has 0 atom stereocenters. The molecular weight excluding hydrogens is 316 g/mol. The molecule has 2 amide bonds. The Labute approximate surface area is 139 Å². The van der Waals surface area contributed by atoms with Crippen LogP contribution < -0.4 is 15.4 Å². The van der Waals surface area contributed by atoms with E-state index < -0.39 is 0 Å². The molecule has 0 aromatic heterocycles. The van der Waals surface area contributed by atoms with Gasteiger partial charge < -0.3 is 15.4 Å². The van der Waals surface area contributed by atoms with Crippen LogP contribution in [0.3, 0.4) is 0 Å². The Kier molecular flexibility index (Phi) is 5.60. The van der Waals surface area contributed by atoms with Gasteiger partial charge in [-0.25, -0.2) is 0 Å². The number of amides is 2. The highest BCUT2D eigenvalue weighted by Crippen LogP contribution is 2.31. The summed E-state index contributed by atoms with van der Waals surface area (Å²) in [6, 6.07) is 12.0. The number of carbonyl (C=O) groups excluding carboxylic acids is 2. The fraction of sp³-hybridized carbons (Fsp3) is 0.176. The first-order valence-corrected chi connectivity index (χ1v) is 7.36. The lowest BCUT2D eigenvalue weighted by Gasteiger charge is -2.13. The predicted octanol–water partition coefficient (Wildman–Crippen LogP) is 3.03. The summed E-state index contributed by atoms with van der Waals surface area (Å²) in [4.78, 5) is 23.9. The normalized spacial score (nSPS) is 10.0. The van der Waals surface area contributed by atoms with E-state index in [4.69, 9.17) is 16.3 Å². The summed E-state index contributed by atoms with van der Waals surface area (Å²) < 4.78 is 5.27. The first-order chi connectivity index (χ1) is 11.0. The van der Waals surface area contributed by atoms with Crippen molar-refractivity contribution in [2.24, 2.45) is 0 Å². The number of ether oxygens (including phenoxy) is 1. The molecule has 0 heterocycles. The molecule has 0 aliphatic carbocycles. The maximum absolute atomic E-state index is 12.0. The van der Waals surface area contributed by atoms with E-state index in [2.05, 4.69) is 10.6 Å². The van der Waals surface area contributed by atoms with Crippen LogP contribution in [0.1, 0.15) is 15.9 Å². The minimum absolute atomic E-state index is 0.150. The molecule has 120 valence electrons. The second-order valence-corrected chi connectivity index (χ2v) is 5.34. The zero-order valence-corrected chi connectivity index (χ0v) is 13.6. The molecule has 0 saturated heterocycles. The van der Waals surface area contributed by atoms with Crippen molar-refractivity contribution < 1.29 is 14.3 Å². The minimum Gasteiger partial charge on any atom is -0.494 e. The summed E-state index contributed by atoms with van der Waals surface area (Å²) in [7, 11) is 1.52. The van der Waals surface area contributed by atoms with Crippen LogP contribution in [0, 0.1) is 6.92 Å². The van der Waals surface area contributed by atoms with Crippen molar-refractivity contribution in [2.45, 2.75) is 6.92 Å². The molecule has 0 saturated carbocycles. The fourth-order valence-corrected chi connectivity index (χ4v) is 2.41. The molecular formula is C17H17ClN2O3. The van der Waals surface area contributed by atoms with Gasteiger partial charge in [0.15, 0.2) is 0 Å². The molecule has 0 fully saturated rings. The summed E-state index contributed by atoms with van der Waals surface area (Å²) in [6.45, 7) is 1.68. The largest absolute Gasteiger partial charge is 0.494 e. The van der Waals surface area contributed by atoms with Crippen LogP contribution in [0.5, 0.6) is 5.75 Å². The molecule has 0 bridgehead atoms. The molecule has 2 aromatic rings. The average Bonchev–Trinajstić information content (AvgIpc) is 2.53. The van der Waals surface area contributed by atoms with Crippen molar-refractivity contribution in [1.82, 2.24) is 5.32 Å². The summed E-state index contributed by atoms with van der Waals surface area (Å²) in [5, 5.41) is 5.74. The molecule has 6 heteroatoms. The van der Waals surface area contributed by atoms with E-state index in [9.17, 15) is 9.59 Å². The van der Waals surface area contributed by atoms with E-state index in [-0.39, 0.29) is 18.4 Å². The Morgan fingerprint density at radius 2 is 1.87 bits per heavy atom. The van der Waals surface area contributed by atoms with Crippen LogP contribution >= 0.6 is 11.6 Å². The van der Waals surface area contributed by atoms with Gasteiger partial charge in [-0.3, -0.25) is 9.59 Å². The summed E-state index contributed by atoms with van der Waals surface area (Å²) in [5.41, 5.74) is 1.77. The molecule has 2 aromatic carbocycles. The van der Waals surface area contributed by atoms with Crippen LogP contribution in [-0.4, -0.2) is 25.5 Å². The summed E-state index contributed by atoms with van der Waals surface area (Å²) >= 11 is 5.99. The zero-order chi connectivity index (χ0) is 16.8. The van der Waals surface area contributed by atoms with Crippen LogP contribution in [0.4, 0.5) is 5.69 Å². The third kappa shape index (κ3) is 4.47. The SMILES string of the molecule is COc1c(C)cc(Cl)cc1NC(=O)CNC(=O)c1ccccc1. The standard InChI is InChI=1S/C17H17ClN2O3/c1-11-8-13(18)9-14(16(11)23-2)20-15(21)10-19-17(22)12-6-4-3-5-7-12/h3-9H,10H2,1-2H3,(H,19,22)(H,20,21). The Morgan fingerprint density at radius 1 is 1.17 bits per heavy atom. The minimum atomic E-state index is -0.366. The smallest absolute Gasteiger partial charge is 0.251 e. The van der Waals surface area contributed by atoms with Crippen molar-refractivity contribution in [2.75, 3.05) is 19.0 Å². The molecule has 2 N–H and O–H groups in total. The van der Waals surface area contributed by atoms with Gasteiger partial charge in [-0.1, -0.05) is 29.8 Å². The number of methoxy groups -OCH3 is 1.